The van der Waals surface area contributed by atoms with Gasteiger partial charge >= 0.3 is 0 Å². The van der Waals surface area contributed by atoms with Crippen molar-refractivity contribution in [3.63, 3.8) is 0 Å². The molecule has 4 saturated heterocycles. The van der Waals surface area contributed by atoms with E-state index in [0.29, 0.717) is 12.1 Å². The molecule has 20 heteroatoms. The summed E-state index contributed by atoms with van der Waals surface area (Å²) in [6, 6.07) is 6.79. The Morgan fingerprint density at radius 1 is 0.224 bits per heavy atom. The minimum absolute atomic E-state index is 0.0238. The van der Waals surface area contributed by atoms with E-state index >= 15 is 0 Å². The lowest BCUT2D eigenvalue weighted by atomic mass is 9.63. The molecule has 0 radical (unpaired) electrons. The van der Waals surface area contributed by atoms with Crippen molar-refractivity contribution in [2.45, 2.75) is 513 Å². The highest BCUT2D eigenvalue weighted by Gasteiger charge is 2.47. The molecule has 4 N–H and O–H groups in total. The van der Waals surface area contributed by atoms with Crippen LogP contribution in [0.5, 0.6) is 0 Å². The van der Waals surface area contributed by atoms with Gasteiger partial charge in [-0.2, -0.15) is 29.9 Å². The Labute approximate surface area is 769 Å². The maximum absolute atomic E-state index is 6.36. The molecule has 0 aromatic carbocycles. The molecule has 0 amide bonds. The third-order valence-corrected chi connectivity index (χ3v) is 28.1. The highest BCUT2D eigenvalue weighted by molar-refractivity contribution is 5.65. The largest absolute Gasteiger partial charge is 0.368 e. The van der Waals surface area contributed by atoms with Crippen molar-refractivity contribution in [3.05, 3.63) is 12.1 Å². The molecule has 4 aliphatic heterocycles. The Kier molecular flexibility index (Phi) is 40.1. The average Bonchev–Trinajstić information content (AvgIpc) is 0.769. The van der Waals surface area contributed by atoms with Gasteiger partial charge in [-0.3, -0.25) is 0 Å². The van der Waals surface area contributed by atoms with Crippen molar-refractivity contribution in [1.29, 1.82) is 0 Å². The van der Waals surface area contributed by atoms with Gasteiger partial charge in [-0.1, -0.05) is 173 Å². The molecule has 1 saturated carbocycles. The van der Waals surface area contributed by atoms with E-state index < -0.39 is 0 Å². The number of hydrogen-bond donors (Lipinski definition) is 4. The van der Waals surface area contributed by atoms with Gasteiger partial charge in [-0.05, 0) is 276 Å². The highest BCUT2D eigenvalue weighted by atomic mass is 15.4. The van der Waals surface area contributed by atoms with Gasteiger partial charge in [-0.25, -0.2) is 4.98 Å². The van der Waals surface area contributed by atoms with E-state index in [1.807, 2.05) is 0 Å². The summed E-state index contributed by atoms with van der Waals surface area (Å²) < 4.78 is 0. The predicted molar refractivity (Wildman–Crippen MR) is 543 cm³/mol. The monoisotopic (exact) mass is 1740 g/mol. The fourth-order valence-electron chi connectivity index (χ4n) is 24.0. The smallest absolute Gasteiger partial charge is 0.232 e. The third-order valence-electron chi connectivity index (χ3n) is 28.1. The standard InChI is InChI=1S/C105H198N20/c1-30-39-56-117(57-40-31-2)90-107-91(118(58-41-32-3)59-42-33-4)110-94(109-90)124(86-77-102(22,23)115-103(24,25)78-86)67-54-50-48-52-65-122(83-71-96(10,11)81-97(12,13)72-83)88-69-82(121(64-47-38-9)84-73-98(14,15)113-99(16,17)74-84)70-89(106-88)123(85-75-100(18,19)114-101(20,21)76-85)66-53-49-51-55-68-125(87-79-104(26,27)116-105(28,29)80-87)95-111-92(119(60-43-34-5)61-44-35-6)108-93(112-95)120(62-45-36-7)63-46-37-8/h69-70,83-87,113-116H,30-68,71-81H2,1-29H3. The molecular formula is C105H198N20. The summed E-state index contributed by atoms with van der Waals surface area (Å²) in [4.78, 5) is 64.3. The minimum atomic E-state index is -0.0691. The number of nitrogens with one attached hydrogen (secondary N) is 4. The van der Waals surface area contributed by atoms with Crippen molar-refractivity contribution in [2.24, 2.45) is 10.8 Å². The van der Waals surface area contributed by atoms with Crippen LogP contribution in [0.1, 0.15) is 438 Å². The molecule has 718 valence electrons. The molecule has 0 atom stereocenters. The summed E-state index contributed by atoms with van der Waals surface area (Å²) in [5.74, 6) is 7.61. The lowest BCUT2D eigenvalue weighted by molar-refractivity contribution is 0.0948. The quantitative estimate of drug-likeness (QED) is 0.0394. The molecule has 5 aliphatic rings. The summed E-state index contributed by atoms with van der Waals surface area (Å²) in [5.41, 5.74) is 1.32. The molecule has 0 spiro atoms. The summed E-state index contributed by atoms with van der Waals surface area (Å²) >= 11 is 0. The molecule has 0 unspecified atom stereocenters. The van der Waals surface area contributed by atoms with E-state index in [-0.39, 0.29) is 73.3 Å². The second kappa shape index (κ2) is 47.5. The van der Waals surface area contributed by atoms with Crippen LogP contribution in [0.3, 0.4) is 0 Å². The average molecular weight is 1740 g/mol. The summed E-state index contributed by atoms with van der Waals surface area (Å²) in [5, 5.41) is 16.4. The molecule has 5 fully saturated rings. The van der Waals surface area contributed by atoms with E-state index in [0.717, 1.165) is 352 Å². The number of rotatable bonds is 55. The Hall–Kier alpha value is -4.79. The number of nitrogens with zero attached hydrogens (tertiary/aromatic N) is 16. The normalized spacial score (nSPS) is 20.3. The molecule has 8 rings (SSSR count). The van der Waals surface area contributed by atoms with Gasteiger partial charge in [0.05, 0.1) is 0 Å². The van der Waals surface area contributed by atoms with Gasteiger partial charge in [0.15, 0.2) is 0 Å². The van der Waals surface area contributed by atoms with Gasteiger partial charge in [0, 0.05) is 177 Å². The maximum atomic E-state index is 6.36. The molecule has 125 heavy (non-hydrogen) atoms. The van der Waals surface area contributed by atoms with Crippen molar-refractivity contribution >= 4 is 53.0 Å². The highest BCUT2D eigenvalue weighted by Crippen LogP contribution is 2.50. The molecule has 0 bridgehead atoms. The van der Waals surface area contributed by atoms with E-state index in [9.17, 15) is 0 Å². The minimum Gasteiger partial charge on any atom is -0.368 e. The zero-order valence-corrected chi connectivity index (χ0v) is 87.1. The second-order valence-electron chi connectivity index (χ2n) is 47.3. The molecule has 3 aromatic heterocycles. The van der Waals surface area contributed by atoms with Crippen molar-refractivity contribution in [1.82, 2.24) is 56.2 Å². The van der Waals surface area contributed by atoms with E-state index in [1.165, 1.54) is 23.7 Å². The molecule has 3 aromatic rings. The molecule has 1 aliphatic carbocycles. The summed E-state index contributed by atoms with van der Waals surface area (Å²) in [6.07, 6.45) is 41.1. The van der Waals surface area contributed by atoms with Gasteiger partial charge in [-0.15, -0.1) is 0 Å². The second-order valence-corrected chi connectivity index (χ2v) is 47.3. The van der Waals surface area contributed by atoms with Crippen molar-refractivity contribution < 1.29 is 0 Å². The summed E-state index contributed by atoms with van der Waals surface area (Å²) in [6.45, 7) is 82.7. The van der Waals surface area contributed by atoms with Gasteiger partial charge < -0.3 is 65.4 Å². The Morgan fingerprint density at radius 2 is 0.416 bits per heavy atom. The lowest BCUT2D eigenvalue weighted by Crippen LogP contribution is -2.62. The van der Waals surface area contributed by atoms with E-state index in [4.69, 9.17) is 34.9 Å². The first kappa shape index (κ1) is 106. The van der Waals surface area contributed by atoms with E-state index in [2.05, 4.69) is 278 Å². The molecule has 7 heterocycles. The van der Waals surface area contributed by atoms with Crippen LogP contribution in [-0.2, 0) is 0 Å². The third kappa shape index (κ3) is 33.5. The van der Waals surface area contributed by atoms with Crippen LogP contribution in [-0.4, -0.2) is 194 Å². The van der Waals surface area contributed by atoms with Gasteiger partial charge in [0.25, 0.3) is 0 Å². The van der Waals surface area contributed by atoms with Crippen LogP contribution in [0.15, 0.2) is 12.1 Å². The van der Waals surface area contributed by atoms with Gasteiger partial charge in [0.2, 0.25) is 35.7 Å². The predicted octanol–water partition coefficient (Wildman–Crippen LogP) is 24.3. The first-order valence-corrected chi connectivity index (χ1v) is 52.4. The summed E-state index contributed by atoms with van der Waals surface area (Å²) in [7, 11) is 0. The van der Waals surface area contributed by atoms with Crippen LogP contribution in [0.4, 0.5) is 53.0 Å². The van der Waals surface area contributed by atoms with Crippen LogP contribution < -0.4 is 65.4 Å². The molecule has 20 nitrogen and oxygen atoms in total. The van der Waals surface area contributed by atoms with Gasteiger partial charge in [0.1, 0.15) is 11.6 Å². The Morgan fingerprint density at radius 3 is 0.656 bits per heavy atom. The van der Waals surface area contributed by atoms with E-state index in [1.54, 1.807) is 0 Å². The lowest BCUT2D eigenvalue weighted by Gasteiger charge is -2.51. The van der Waals surface area contributed by atoms with Crippen LogP contribution in [0.2, 0.25) is 0 Å². The fourth-order valence-corrected chi connectivity index (χ4v) is 24.0. The number of pyridine rings is 1. The molecular weight excluding hydrogens is 1540 g/mol. The Balaban J connectivity index is 1.20. The van der Waals surface area contributed by atoms with Crippen molar-refractivity contribution in [3.8, 4) is 0 Å². The number of aromatic nitrogens is 7. The topological polar surface area (TPSA) is 168 Å². The van der Waals surface area contributed by atoms with Crippen LogP contribution >= 0.6 is 0 Å². The number of anilines is 9. The number of hydrogen-bond acceptors (Lipinski definition) is 20. The van der Waals surface area contributed by atoms with Crippen LogP contribution in [0.25, 0.3) is 0 Å². The Bertz CT molecular complexity index is 3210. The zero-order valence-electron chi connectivity index (χ0n) is 87.1. The zero-order chi connectivity index (χ0) is 91.8. The maximum Gasteiger partial charge on any atom is 0.232 e. The first-order chi connectivity index (χ1) is 58.8. The fraction of sp³-hybridized carbons (Fsp3) is 0.895. The van der Waals surface area contributed by atoms with Crippen LogP contribution in [0, 0.1) is 10.8 Å². The first-order valence-electron chi connectivity index (χ1n) is 52.4. The number of unbranched alkanes of at least 4 members (excludes halogenated alkanes) is 15. The van der Waals surface area contributed by atoms with Crippen molar-refractivity contribution in [2.75, 3.05) is 129 Å². The number of piperidine rings is 4. The SMILES string of the molecule is CCCCN(CCCC)c1nc(N(CCCC)CCCC)nc(N(CCCCCCN(c2cc(N(CCCC)C3CC(C)(C)NC(C)(C)C3)cc(N(CCCCCCN(c3nc(N(CCCC)CCCC)nc(N(CCCC)CCCC)n3)C3CC(C)(C)NC(C)(C)C3)C3CC(C)(C)NC(C)(C)C3)n2)C2CC(C)(C)CC(C)(C)C2)C2CC(C)(C)NC(C)(C)C2)n1.